The first-order valence-corrected chi connectivity index (χ1v) is 7.65. The van der Waals surface area contributed by atoms with Crippen LogP contribution in [0.15, 0.2) is 42.5 Å². The zero-order valence-corrected chi connectivity index (χ0v) is 13.7. The molecule has 126 valence electrons. The van der Waals surface area contributed by atoms with Crippen molar-refractivity contribution in [1.82, 2.24) is 0 Å². The molecule has 0 aliphatic heterocycles. The molecular weight excluding hydrogens is 310 g/mol. The molecule has 0 radical (unpaired) electrons. The van der Waals surface area contributed by atoms with Crippen LogP contribution in [-0.4, -0.2) is 24.1 Å². The van der Waals surface area contributed by atoms with E-state index in [2.05, 4.69) is 6.92 Å². The van der Waals surface area contributed by atoms with Crippen molar-refractivity contribution in [2.75, 3.05) is 13.2 Å². The van der Waals surface area contributed by atoms with Crippen molar-refractivity contribution in [3.63, 3.8) is 0 Å². The highest BCUT2D eigenvalue weighted by molar-refractivity contribution is 5.94. The van der Waals surface area contributed by atoms with Crippen molar-refractivity contribution in [2.24, 2.45) is 0 Å². The molecule has 0 bridgehead atoms. The van der Waals surface area contributed by atoms with Crippen molar-refractivity contribution in [3.8, 4) is 5.75 Å². The number of esters is 1. The van der Waals surface area contributed by atoms with Crippen LogP contribution < -0.4 is 4.74 Å². The van der Waals surface area contributed by atoms with Crippen LogP contribution in [0.25, 0.3) is 0 Å². The predicted octanol–water partition coefficient (Wildman–Crippen LogP) is 3.70. The Balaban J connectivity index is 1.92. The molecule has 0 spiro atoms. The number of nitro groups is 1. The summed E-state index contributed by atoms with van der Waals surface area (Å²) in [6, 6.07) is 12.2. The fourth-order valence-corrected chi connectivity index (χ4v) is 2.29. The monoisotopic (exact) mass is 329 g/mol. The number of ether oxygens (including phenoxy) is 2. The minimum Gasteiger partial charge on any atom is -0.490 e. The van der Waals surface area contributed by atoms with Gasteiger partial charge in [-0.05, 0) is 37.1 Å². The van der Waals surface area contributed by atoms with Gasteiger partial charge in [-0.3, -0.25) is 10.1 Å². The third-order valence-electron chi connectivity index (χ3n) is 3.53. The quantitative estimate of drug-likeness (QED) is 0.335. The number of carbonyl (C=O) groups is 1. The van der Waals surface area contributed by atoms with Crippen molar-refractivity contribution in [1.29, 1.82) is 0 Å². The number of nitro benzene ring substituents is 1. The van der Waals surface area contributed by atoms with E-state index in [1.165, 1.54) is 6.07 Å². The van der Waals surface area contributed by atoms with E-state index in [9.17, 15) is 14.9 Å². The Morgan fingerprint density at radius 1 is 1.17 bits per heavy atom. The fourth-order valence-electron chi connectivity index (χ4n) is 2.29. The Labute approximate surface area is 140 Å². The summed E-state index contributed by atoms with van der Waals surface area (Å²) in [5.74, 6) is -0.0248. The smallest absolute Gasteiger partial charge is 0.345 e. The predicted molar refractivity (Wildman–Crippen MR) is 89.4 cm³/mol. The highest BCUT2D eigenvalue weighted by Gasteiger charge is 2.23. The minimum atomic E-state index is -0.726. The van der Waals surface area contributed by atoms with Crippen molar-refractivity contribution >= 4 is 11.7 Å². The zero-order valence-electron chi connectivity index (χ0n) is 13.7. The van der Waals surface area contributed by atoms with E-state index >= 15 is 0 Å². The van der Waals surface area contributed by atoms with Gasteiger partial charge >= 0.3 is 5.97 Å². The number of carbonyl (C=O) groups excluding carboxylic acids is 1. The molecular formula is C18H19NO5. The van der Waals surface area contributed by atoms with Crippen LogP contribution in [0.4, 0.5) is 5.69 Å². The molecule has 2 aromatic carbocycles. The molecule has 0 fully saturated rings. The van der Waals surface area contributed by atoms with Gasteiger partial charge in [0.15, 0.2) is 0 Å². The first-order chi connectivity index (χ1) is 11.5. The van der Waals surface area contributed by atoms with E-state index < -0.39 is 10.9 Å². The maximum atomic E-state index is 12.1. The van der Waals surface area contributed by atoms with Gasteiger partial charge in [0.25, 0.3) is 5.69 Å². The molecule has 0 atom stereocenters. The topological polar surface area (TPSA) is 78.7 Å². The van der Waals surface area contributed by atoms with E-state index in [1.54, 1.807) is 19.1 Å². The standard InChI is InChI=1S/C18H19NO5/c1-3-14-7-5-8-15(12-14)23-10-11-24-18(20)16-9-4-6-13(2)17(16)19(21)22/h4-9,12H,3,10-11H2,1-2H3. The van der Waals surface area contributed by atoms with E-state index in [-0.39, 0.29) is 24.5 Å². The molecule has 2 aromatic rings. The number of hydrogen-bond donors (Lipinski definition) is 0. The van der Waals surface area contributed by atoms with E-state index in [0.717, 1.165) is 12.0 Å². The van der Waals surface area contributed by atoms with Gasteiger partial charge in [-0.2, -0.15) is 0 Å². The molecule has 0 unspecified atom stereocenters. The lowest BCUT2D eigenvalue weighted by molar-refractivity contribution is -0.385. The molecule has 0 aromatic heterocycles. The Bertz CT molecular complexity index is 742. The first-order valence-electron chi connectivity index (χ1n) is 7.65. The zero-order chi connectivity index (χ0) is 17.5. The molecule has 24 heavy (non-hydrogen) atoms. The summed E-state index contributed by atoms with van der Waals surface area (Å²) in [7, 11) is 0. The third kappa shape index (κ3) is 4.32. The van der Waals surface area contributed by atoms with Gasteiger partial charge in [0, 0.05) is 5.56 Å². The summed E-state index contributed by atoms with van der Waals surface area (Å²) in [5.41, 5.74) is 1.30. The van der Waals surface area contributed by atoms with Gasteiger partial charge in [0.1, 0.15) is 24.5 Å². The van der Waals surface area contributed by atoms with Crippen LogP contribution in [0.3, 0.4) is 0 Å². The third-order valence-corrected chi connectivity index (χ3v) is 3.53. The SMILES string of the molecule is CCc1cccc(OCCOC(=O)c2cccc(C)c2[N+](=O)[O-])c1. The number of rotatable bonds is 7. The molecule has 0 heterocycles. The summed E-state index contributed by atoms with van der Waals surface area (Å²) in [4.78, 5) is 22.6. The van der Waals surface area contributed by atoms with E-state index in [1.807, 2.05) is 24.3 Å². The molecule has 6 heteroatoms. The van der Waals surface area contributed by atoms with Crippen LogP contribution >= 0.6 is 0 Å². The molecule has 0 saturated heterocycles. The Hall–Kier alpha value is -2.89. The normalized spacial score (nSPS) is 10.2. The average Bonchev–Trinajstić information content (AvgIpc) is 2.58. The van der Waals surface area contributed by atoms with Crippen LogP contribution in [0.1, 0.15) is 28.4 Å². The van der Waals surface area contributed by atoms with Crippen molar-refractivity contribution in [2.45, 2.75) is 20.3 Å². The van der Waals surface area contributed by atoms with Gasteiger partial charge in [-0.15, -0.1) is 0 Å². The molecule has 0 aliphatic rings. The van der Waals surface area contributed by atoms with Gasteiger partial charge < -0.3 is 9.47 Å². The molecule has 0 N–H and O–H groups in total. The number of aryl methyl sites for hydroxylation is 2. The highest BCUT2D eigenvalue weighted by Crippen LogP contribution is 2.23. The second kappa shape index (κ2) is 8.10. The largest absolute Gasteiger partial charge is 0.490 e. The van der Waals surface area contributed by atoms with Gasteiger partial charge in [-0.1, -0.05) is 31.2 Å². The Kier molecular flexibility index (Phi) is 5.89. The van der Waals surface area contributed by atoms with Crippen LogP contribution in [0.5, 0.6) is 5.75 Å². The van der Waals surface area contributed by atoms with Gasteiger partial charge in [0.05, 0.1) is 4.92 Å². The molecule has 2 rings (SSSR count). The van der Waals surface area contributed by atoms with Crippen molar-refractivity contribution in [3.05, 3.63) is 69.3 Å². The summed E-state index contributed by atoms with van der Waals surface area (Å²) in [5, 5.41) is 11.1. The molecule has 0 saturated carbocycles. The summed E-state index contributed by atoms with van der Waals surface area (Å²) >= 11 is 0. The van der Waals surface area contributed by atoms with Gasteiger partial charge in [-0.25, -0.2) is 4.79 Å². The molecule has 0 amide bonds. The minimum absolute atomic E-state index is 0.0142. The van der Waals surface area contributed by atoms with Gasteiger partial charge in [0.2, 0.25) is 0 Å². The lowest BCUT2D eigenvalue weighted by Gasteiger charge is -2.09. The Morgan fingerprint density at radius 2 is 1.92 bits per heavy atom. The summed E-state index contributed by atoms with van der Waals surface area (Å²) < 4.78 is 10.6. The lowest BCUT2D eigenvalue weighted by Crippen LogP contribution is -2.14. The Morgan fingerprint density at radius 3 is 2.62 bits per heavy atom. The first kappa shape index (κ1) is 17.5. The van der Waals surface area contributed by atoms with Crippen molar-refractivity contribution < 1.29 is 19.2 Å². The van der Waals surface area contributed by atoms with Crippen LogP contribution in [0, 0.1) is 17.0 Å². The highest BCUT2D eigenvalue weighted by atomic mass is 16.6. The summed E-state index contributed by atoms with van der Waals surface area (Å²) in [6.45, 7) is 3.83. The number of para-hydroxylation sites is 1. The van der Waals surface area contributed by atoms with Crippen LogP contribution in [-0.2, 0) is 11.2 Å². The number of benzene rings is 2. The fraction of sp³-hybridized carbons (Fsp3) is 0.278. The summed E-state index contributed by atoms with van der Waals surface area (Å²) in [6.07, 6.45) is 0.906. The van der Waals surface area contributed by atoms with Crippen LogP contribution in [0.2, 0.25) is 0 Å². The van der Waals surface area contributed by atoms with E-state index in [0.29, 0.717) is 11.3 Å². The second-order valence-corrected chi connectivity index (χ2v) is 5.21. The molecule has 0 aliphatic carbocycles. The molecule has 6 nitrogen and oxygen atoms in total. The number of hydrogen-bond acceptors (Lipinski definition) is 5. The second-order valence-electron chi connectivity index (χ2n) is 5.21. The maximum absolute atomic E-state index is 12.1. The maximum Gasteiger partial charge on any atom is 0.345 e. The lowest BCUT2D eigenvalue weighted by atomic mass is 10.1. The average molecular weight is 329 g/mol. The van der Waals surface area contributed by atoms with E-state index in [4.69, 9.17) is 9.47 Å². The number of nitrogens with zero attached hydrogens (tertiary/aromatic N) is 1.